The van der Waals surface area contributed by atoms with Crippen LogP contribution in [0.15, 0.2) is 47.8 Å². The molecule has 2 aromatic carbocycles. The summed E-state index contributed by atoms with van der Waals surface area (Å²) in [6, 6.07) is 12.4. The molecule has 1 aromatic heterocycles. The minimum Gasteiger partial charge on any atom is -0.493 e. The Bertz CT molecular complexity index is 990. The third kappa shape index (κ3) is 5.74. The second-order valence-electron chi connectivity index (χ2n) is 6.21. The number of ether oxygens (including phenoxy) is 3. The van der Waals surface area contributed by atoms with E-state index in [1.165, 1.54) is 36.6 Å². The first-order valence-electron chi connectivity index (χ1n) is 8.73. The van der Waals surface area contributed by atoms with E-state index >= 15 is 0 Å². The molecule has 0 aliphatic rings. The van der Waals surface area contributed by atoms with Gasteiger partial charge in [-0.2, -0.15) is 8.78 Å². The van der Waals surface area contributed by atoms with Crippen molar-refractivity contribution in [3.8, 4) is 22.1 Å². The number of carbonyl (C=O) groups is 1. The van der Waals surface area contributed by atoms with E-state index < -0.39 is 12.6 Å². The van der Waals surface area contributed by atoms with Gasteiger partial charge in [-0.15, -0.1) is 11.3 Å². The number of rotatable bonds is 8. The molecule has 3 aromatic rings. The zero-order valence-corrected chi connectivity index (χ0v) is 16.7. The SMILES string of the molecule is COc1cc(COC(=O)Cc2csc(-c3cccc(C)c3)n2)ccc1OC(F)F. The van der Waals surface area contributed by atoms with Gasteiger partial charge in [-0.1, -0.05) is 29.8 Å². The summed E-state index contributed by atoms with van der Waals surface area (Å²) in [6.45, 7) is -0.953. The maximum Gasteiger partial charge on any atom is 0.387 e. The number of carbonyl (C=O) groups excluding carboxylic acids is 1. The van der Waals surface area contributed by atoms with Crippen LogP contribution in [0.1, 0.15) is 16.8 Å². The van der Waals surface area contributed by atoms with E-state index in [0.29, 0.717) is 11.3 Å². The topological polar surface area (TPSA) is 57.7 Å². The van der Waals surface area contributed by atoms with Crippen molar-refractivity contribution < 1.29 is 27.8 Å². The highest BCUT2D eigenvalue weighted by atomic mass is 32.1. The van der Waals surface area contributed by atoms with Gasteiger partial charge < -0.3 is 14.2 Å². The molecule has 0 spiro atoms. The van der Waals surface area contributed by atoms with Crippen molar-refractivity contribution in [1.29, 1.82) is 0 Å². The molecule has 0 fully saturated rings. The van der Waals surface area contributed by atoms with E-state index in [1.54, 1.807) is 0 Å². The minimum atomic E-state index is -2.95. The number of alkyl halides is 2. The number of hydrogen-bond donors (Lipinski definition) is 0. The van der Waals surface area contributed by atoms with Gasteiger partial charge in [0.2, 0.25) is 0 Å². The molecule has 0 bridgehead atoms. The largest absolute Gasteiger partial charge is 0.493 e. The molecular weight excluding hydrogens is 400 g/mol. The van der Waals surface area contributed by atoms with Crippen LogP contribution in [0.3, 0.4) is 0 Å². The molecular formula is C21H19F2NO4S. The van der Waals surface area contributed by atoms with Crippen LogP contribution in [0, 0.1) is 6.92 Å². The van der Waals surface area contributed by atoms with Gasteiger partial charge in [0.1, 0.15) is 11.6 Å². The normalized spacial score (nSPS) is 10.8. The Labute approximate surface area is 170 Å². The summed E-state index contributed by atoms with van der Waals surface area (Å²) in [5, 5.41) is 2.68. The highest BCUT2D eigenvalue weighted by Gasteiger charge is 2.13. The van der Waals surface area contributed by atoms with E-state index in [-0.39, 0.29) is 24.5 Å². The van der Waals surface area contributed by atoms with Gasteiger partial charge >= 0.3 is 12.6 Å². The smallest absolute Gasteiger partial charge is 0.387 e. The fraction of sp³-hybridized carbons (Fsp3) is 0.238. The summed E-state index contributed by atoms with van der Waals surface area (Å²) < 4.78 is 39.4. The van der Waals surface area contributed by atoms with Crippen LogP contribution in [0.25, 0.3) is 10.6 Å². The summed E-state index contributed by atoms with van der Waals surface area (Å²) >= 11 is 1.47. The average Bonchev–Trinajstić information content (AvgIpc) is 3.15. The zero-order valence-electron chi connectivity index (χ0n) is 15.9. The third-order valence-corrected chi connectivity index (χ3v) is 4.93. The average molecular weight is 419 g/mol. The van der Waals surface area contributed by atoms with Crippen molar-refractivity contribution in [3.05, 3.63) is 64.7 Å². The number of thiazole rings is 1. The molecule has 0 unspecified atom stereocenters. The number of aromatic nitrogens is 1. The molecule has 5 nitrogen and oxygen atoms in total. The Balaban J connectivity index is 1.58. The molecule has 8 heteroatoms. The van der Waals surface area contributed by atoms with Crippen LogP contribution in [-0.2, 0) is 22.6 Å². The van der Waals surface area contributed by atoms with Crippen LogP contribution in [-0.4, -0.2) is 24.7 Å². The van der Waals surface area contributed by atoms with Crippen molar-refractivity contribution in [2.45, 2.75) is 26.6 Å². The Morgan fingerprint density at radius 2 is 2.00 bits per heavy atom. The van der Waals surface area contributed by atoms with Crippen LogP contribution < -0.4 is 9.47 Å². The molecule has 0 aliphatic heterocycles. The first kappa shape index (κ1) is 20.7. The lowest BCUT2D eigenvalue weighted by molar-refractivity contribution is -0.144. The summed E-state index contributed by atoms with van der Waals surface area (Å²) in [7, 11) is 1.34. The number of benzene rings is 2. The number of esters is 1. The predicted molar refractivity (Wildman–Crippen MR) is 105 cm³/mol. The van der Waals surface area contributed by atoms with E-state index in [4.69, 9.17) is 9.47 Å². The first-order chi connectivity index (χ1) is 13.9. The lowest BCUT2D eigenvalue weighted by atomic mass is 10.1. The standard InChI is InChI=1S/C21H19F2NO4S/c1-13-4-3-5-15(8-13)20-24-16(12-29-20)10-19(25)27-11-14-6-7-17(28-21(22)23)18(9-14)26-2/h3-9,12,21H,10-11H2,1-2H3. The fourth-order valence-corrected chi connectivity index (χ4v) is 3.47. The lowest BCUT2D eigenvalue weighted by Crippen LogP contribution is -2.09. The monoisotopic (exact) mass is 419 g/mol. The van der Waals surface area contributed by atoms with Gasteiger partial charge in [0.05, 0.1) is 19.2 Å². The molecule has 1 heterocycles. The van der Waals surface area contributed by atoms with E-state index in [2.05, 4.69) is 9.72 Å². The molecule has 0 saturated heterocycles. The molecule has 0 atom stereocenters. The van der Waals surface area contributed by atoms with Crippen LogP contribution in [0.5, 0.6) is 11.5 Å². The lowest BCUT2D eigenvalue weighted by Gasteiger charge is -2.11. The molecule has 0 N–H and O–H groups in total. The fourth-order valence-electron chi connectivity index (χ4n) is 2.66. The Kier molecular flexibility index (Phi) is 6.77. The summed E-state index contributed by atoms with van der Waals surface area (Å²) in [4.78, 5) is 16.6. The van der Waals surface area contributed by atoms with Crippen LogP contribution in [0.2, 0.25) is 0 Å². The second kappa shape index (κ2) is 9.47. The number of nitrogens with zero attached hydrogens (tertiary/aromatic N) is 1. The van der Waals surface area contributed by atoms with Gasteiger partial charge in [0.25, 0.3) is 0 Å². The summed E-state index contributed by atoms with van der Waals surface area (Å²) in [5.74, 6) is -0.372. The van der Waals surface area contributed by atoms with Crippen LogP contribution in [0.4, 0.5) is 8.78 Å². The summed E-state index contributed by atoms with van der Waals surface area (Å²) in [6.07, 6.45) is 0.0476. The number of hydrogen-bond acceptors (Lipinski definition) is 6. The highest BCUT2D eigenvalue weighted by molar-refractivity contribution is 7.13. The highest BCUT2D eigenvalue weighted by Crippen LogP contribution is 2.30. The minimum absolute atomic E-state index is 0.0149. The molecule has 152 valence electrons. The van der Waals surface area contributed by atoms with Crippen LogP contribution >= 0.6 is 11.3 Å². The van der Waals surface area contributed by atoms with E-state index in [1.807, 2.05) is 36.6 Å². The van der Waals surface area contributed by atoms with Gasteiger partial charge in [0, 0.05) is 10.9 Å². The van der Waals surface area contributed by atoms with Gasteiger partial charge in [-0.25, -0.2) is 4.98 Å². The van der Waals surface area contributed by atoms with Gasteiger partial charge in [0.15, 0.2) is 11.5 Å². The molecule has 0 amide bonds. The molecule has 0 radical (unpaired) electrons. The zero-order chi connectivity index (χ0) is 20.8. The molecule has 3 rings (SSSR count). The predicted octanol–water partition coefficient (Wildman–Crippen LogP) is 5.01. The second-order valence-corrected chi connectivity index (χ2v) is 7.07. The van der Waals surface area contributed by atoms with Crippen molar-refractivity contribution >= 4 is 17.3 Å². The van der Waals surface area contributed by atoms with Crippen molar-refractivity contribution in [2.24, 2.45) is 0 Å². The van der Waals surface area contributed by atoms with Gasteiger partial charge in [-0.3, -0.25) is 4.79 Å². The first-order valence-corrected chi connectivity index (χ1v) is 9.61. The molecule has 0 aliphatic carbocycles. The number of halogens is 2. The Morgan fingerprint density at radius 1 is 1.17 bits per heavy atom. The quantitative estimate of drug-likeness (QED) is 0.480. The maximum atomic E-state index is 12.4. The Morgan fingerprint density at radius 3 is 2.72 bits per heavy atom. The van der Waals surface area contributed by atoms with Crippen molar-refractivity contribution in [1.82, 2.24) is 4.98 Å². The maximum absolute atomic E-state index is 12.4. The van der Waals surface area contributed by atoms with E-state index in [0.717, 1.165) is 16.1 Å². The van der Waals surface area contributed by atoms with Crippen molar-refractivity contribution in [2.75, 3.05) is 7.11 Å². The number of aryl methyl sites for hydroxylation is 1. The third-order valence-electron chi connectivity index (χ3n) is 3.99. The molecule has 0 saturated carbocycles. The van der Waals surface area contributed by atoms with Gasteiger partial charge in [-0.05, 0) is 30.7 Å². The van der Waals surface area contributed by atoms with Crippen molar-refractivity contribution in [3.63, 3.8) is 0 Å². The Hall–Kier alpha value is -3.00. The number of methoxy groups -OCH3 is 1. The van der Waals surface area contributed by atoms with E-state index in [9.17, 15) is 13.6 Å². The summed E-state index contributed by atoms with van der Waals surface area (Å²) in [5.41, 5.74) is 3.37. The molecule has 29 heavy (non-hydrogen) atoms.